The van der Waals surface area contributed by atoms with Crippen molar-refractivity contribution in [3.8, 4) is 0 Å². The van der Waals surface area contributed by atoms with E-state index >= 15 is 0 Å². The van der Waals surface area contributed by atoms with E-state index in [0.29, 0.717) is 0 Å². The first-order valence-electron chi connectivity index (χ1n) is 12.7. The number of hydrogen-bond acceptors (Lipinski definition) is 0. The van der Waals surface area contributed by atoms with Crippen LogP contribution in [0.5, 0.6) is 0 Å². The zero-order valence-corrected chi connectivity index (χ0v) is 22.4. The van der Waals surface area contributed by atoms with Crippen molar-refractivity contribution in [3.05, 3.63) is 0 Å². The van der Waals surface area contributed by atoms with Crippen LogP contribution in [0.2, 0.25) is 0 Å². The molecule has 0 N–H and O–H groups in total. The number of unbranched alkanes of at least 4 members (excludes halogenated alkanes) is 15. The molecular formula is C24H53ClPSi+. The monoisotopic (exact) mass is 435 g/mol. The molecule has 0 unspecified atom stereocenters. The average molecular weight is 436 g/mol. The maximum Gasteiger partial charge on any atom is 0.296 e. The van der Waals surface area contributed by atoms with E-state index in [0.717, 1.165) is 0 Å². The van der Waals surface area contributed by atoms with E-state index in [1.54, 1.807) is 18.5 Å². The van der Waals surface area contributed by atoms with Crippen molar-refractivity contribution in [3.63, 3.8) is 0 Å². The fourth-order valence-electron chi connectivity index (χ4n) is 4.20. The molecular weight excluding hydrogens is 383 g/mol. The Morgan fingerprint density at radius 3 is 0.963 bits per heavy atom. The second-order valence-electron chi connectivity index (χ2n) is 8.94. The smallest absolute Gasteiger partial charge is 0.123 e. The summed E-state index contributed by atoms with van der Waals surface area (Å²) >= 11 is 6.80. The Balaban J connectivity index is 4.23. The SMILES string of the molecule is CCCCCCCC[P+](CCCCCCCC)(CCCCCCCC)[SiH2]Cl. The van der Waals surface area contributed by atoms with Gasteiger partial charge < -0.3 is 0 Å². The molecule has 0 radical (unpaired) electrons. The van der Waals surface area contributed by atoms with Gasteiger partial charge in [0, 0.05) is 18.5 Å². The topological polar surface area (TPSA) is 0 Å². The highest BCUT2D eigenvalue weighted by Crippen LogP contribution is 2.60. The third-order valence-electron chi connectivity index (χ3n) is 6.21. The lowest BCUT2D eigenvalue weighted by Crippen LogP contribution is -2.12. The van der Waals surface area contributed by atoms with E-state index in [1.165, 1.54) is 116 Å². The van der Waals surface area contributed by atoms with Crippen molar-refractivity contribution in [2.24, 2.45) is 0 Å². The van der Waals surface area contributed by atoms with Gasteiger partial charge in [-0.1, -0.05) is 97.8 Å². The minimum Gasteiger partial charge on any atom is -0.123 e. The fourth-order valence-corrected chi connectivity index (χ4v) is 14.2. The number of halogens is 1. The Bertz CT molecular complexity index is 245. The second kappa shape index (κ2) is 21.6. The summed E-state index contributed by atoms with van der Waals surface area (Å²) in [6.45, 7) is 6.21. The van der Waals surface area contributed by atoms with Crippen LogP contribution in [0.25, 0.3) is 0 Å². The molecule has 0 aliphatic heterocycles. The molecule has 0 saturated heterocycles. The van der Waals surface area contributed by atoms with E-state index in [1.807, 2.05) is 0 Å². The first-order chi connectivity index (χ1) is 13.2. The van der Waals surface area contributed by atoms with Crippen LogP contribution < -0.4 is 0 Å². The Morgan fingerprint density at radius 1 is 0.444 bits per heavy atom. The van der Waals surface area contributed by atoms with Gasteiger partial charge in [0.25, 0.3) is 8.50 Å². The Labute approximate surface area is 181 Å². The van der Waals surface area contributed by atoms with Crippen molar-refractivity contribution < 1.29 is 0 Å². The Kier molecular flexibility index (Phi) is 22.4. The van der Waals surface area contributed by atoms with Gasteiger partial charge in [0.15, 0.2) is 0 Å². The summed E-state index contributed by atoms with van der Waals surface area (Å²) in [6.07, 6.45) is 30.7. The molecule has 0 nitrogen and oxygen atoms in total. The van der Waals surface area contributed by atoms with Gasteiger partial charge in [-0.3, -0.25) is 0 Å². The summed E-state index contributed by atoms with van der Waals surface area (Å²) < 4.78 is 0. The van der Waals surface area contributed by atoms with Gasteiger partial charge in [-0.25, -0.2) is 0 Å². The molecule has 3 heteroatoms. The molecule has 0 bridgehead atoms. The standard InChI is InChI=1S/C24H53ClPSi/c1-4-7-10-13-16-19-22-26(27-25,23-20-17-14-11-8-5-2)24-21-18-15-12-9-6-3/h4-24,27H2,1-3H3/q+1. The first kappa shape index (κ1) is 27.9. The van der Waals surface area contributed by atoms with E-state index in [2.05, 4.69) is 20.8 Å². The van der Waals surface area contributed by atoms with E-state index in [-0.39, 0.29) is 8.50 Å². The molecule has 0 fully saturated rings. The van der Waals surface area contributed by atoms with Crippen LogP contribution in [0.1, 0.15) is 136 Å². The fraction of sp³-hybridized carbons (Fsp3) is 1.00. The highest BCUT2D eigenvalue weighted by atomic mass is 35.6. The van der Waals surface area contributed by atoms with Crippen molar-refractivity contribution in [1.82, 2.24) is 0 Å². The zero-order valence-electron chi connectivity index (χ0n) is 19.4. The predicted molar refractivity (Wildman–Crippen MR) is 136 cm³/mol. The van der Waals surface area contributed by atoms with Crippen LogP contribution in [-0.4, -0.2) is 27.0 Å². The third kappa shape index (κ3) is 17.5. The van der Waals surface area contributed by atoms with Crippen LogP contribution in [0, 0.1) is 0 Å². The molecule has 27 heavy (non-hydrogen) atoms. The van der Waals surface area contributed by atoms with E-state index < -0.39 is 6.81 Å². The molecule has 0 amide bonds. The summed E-state index contributed by atoms with van der Waals surface area (Å²) in [7, 11) is -0.327. The van der Waals surface area contributed by atoms with Gasteiger partial charge in [-0.15, -0.1) is 11.1 Å². The van der Waals surface area contributed by atoms with Crippen LogP contribution in [-0.2, 0) is 0 Å². The molecule has 0 aromatic carbocycles. The minimum absolute atomic E-state index is 0.327. The lowest BCUT2D eigenvalue weighted by atomic mass is 10.1. The van der Waals surface area contributed by atoms with Crippen LogP contribution in [0.3, 0.4) is 0 Å². The summed E-state index contributed by atoms with van der Waals surface area (Å²) in [5.41, 5.74) is 0. The lowest BCUT2D eigenvalue weighted by molar-refractivity contribution is 0.617. The van der Waals surface area contributed by atoms with Crippen molar-refractivity contribution in [2.75, 3.05) is 18.5 Å². The molecule has 0 aliphatic carbocycles. The molecule has 0 heterocycles. The van der Waals surface area contributed by atoms with Crippen molar-refractivity contribution in [1.29, 1.82) is 0 Å². The largest absolute Gasteiger partial charge is 0.296 e. The normalized spacial score (nSPS) is 12.4. The predicted octanol–water partition coefficient (Wildman–Crippen LogP) is 9.32. The Morgan fingerprint density at radius 2 is 0.704 bits per heavy atom. The summed E-state index contributed by atoms with van der Waals surface area (Å²) in [6, 6.07) is 0. The minimum atomic E-state index is -0.739. The second-order valence-corrected chi connectivity index (χ2v) is 20.1. The molecule has 0 aromatic rings. The summed E-state index contributed by atoms with van der Waals surface area (Å²) in [5.74, 6) is 0. The molecule has 0 aromatic heterocycles. The Hall–Kier alpha value is 0.937. The first-order valence-corrected chi connectivity index (χ1v) is 19.2. The van der Waals surface area contributed by atoms with Gasteiger partial charge in [0.05, 0.1) is 0 Å². The van der Waals surface area contributed by atoms with Crippen LogP contribution in [0.15, 0.2) is 0 Å². The van der Waals surface area contributed by atoms with Gasteiger partial charge in [-0.05, 0) is 45.3 Å². The highest BCUT2D eigenvalue weighted by Gasteiger charge is 2.34. The molecule has 0 atom stereocenters. The average Bonchev–Trinajstić information content (AvgIpc) is 2.69. The summed E-state index contributed by atoms with van der Waals surface area (Å²) in [5, 5.41) is 0. The highest BCUT2D eigenvalue weighted by molar-refractivity contribution is 8.05. The van der Waals surface area contributed by atoms with Gasteiger partial charge in [-0.2, -0.15) is 0 Å². The molecule has 0 aliphatic rings. The van der Waals surface area contributed by atoms with E-state index in [4.69, 9.17) is 11.1 Å². The number of hydrogen-bond donors (Lipinski definition) is 0. The zero-order chi connectivity index (χ0) is 20.1. The molecule has 0 spiro atoms. The lowest BCUT2D eigenvalue weighted by Gasteiger charge is -2.26. The maximum atomic E-state index is 6.80. The number of rotatable bonds is 22. The molecule has 0 rings (SSSR count). The molecule has 0 saturated carbocycles. The van der Waals surface area contributed by atoms with Crippen molar-refractivity contribution >= 4 is 26.4 Å². The maximum absolute atomic E-state index is 6.80. The van der Waals surface area contributed by atoms with Gasteiger partial charge >= 0.3 is 0 Å². The van der Waals surface area contributed by atoms with E-state index in [9.17, 15) is 0 Å². The van der Waals surface area contributed by atoms with Crippen LogP contribution in [0.4, 0.5) is 0 Å². The van der Waals surface area contributed by atoms with Crippen molar-refractivity contribution in [2.45, 2.75) is 136 Å². The molecule has 164 valence electrons. The van der Waals surface area contributed by atoms with Gasteiger partial charge in [0.2, 0.25) is 0 Å². The van der Waals surface area contributed by atoms with Gasteiger partial charge in [0.1, 0.15) is 0 Å². The summed E-state index contributed by atoms with van der Waals surface area (Å²) in [4.78, 5) is 0. The third-order valence-corrected chi connectivity index (χ3v) is 19.4. The quantitative estimate of drug-likeness (QED) is 0.0687. The van der Waals surface area contributed by atoms with Crippen LogP contribution >= 0.6 is 17.9 Å².